The molecule has 25 heavy (non-hydrogen) atoms. The molecule has 0 spiro atoms. The van der Waals surface area contributed by atoms with Gasteiger partial charge in [-0.05, 0) is 18.6 Å². The van der Waals surface area contributed by atoms with Gasteiger partial charge >= 0.3 is 0 Å². The van der Waals surface area contributed by atoms with Gasteiger partial charge in [-0.1, -0.05) is 111 Å². The Hall–Kier alpha value is 1.42. The molecule has 1 aromatic carbocycles. The number of hydrogen-bond acceptors (Lipinski definition) is 3. The first-order valence-corrected chi connectivity index (χ1v) is 9.72. The molecule has 144 valence electrons. The largest absolute Gasteiger partial charge is 0.368 e. The molecule has 0 aliphatic rings. The Labute approximate surface area is 190 Å². The lowest BCUT2D eigenvalue weighted by molar-refractivity contribution is -0.117. The maximum Gasteiger partial charge on any atom is 0.253 e. The van der Waals surface area contributed by atoms with E-state index in [0.29, 0.717) is 27.1 Å². The highest BCUT2D eigenvalue weighted by molar-refractivity contribution is 6.86. The Morgan fingerprint density at radius 2 is 1.48 bits per heavy atom. The van der Waals surface area contributed by atoms with Crippen molar-refractivity contribution >= 4 is 110 Å². The van der Waals surface area contributed by atoms with Gasteiger partial charge in [-0.3, -0.25) is 4.79 Å². The minimum absolute atomic E-state index is 0.146. The Balaban J connectivity index is 0.000000504. The third-order valence-corrected chi connectivity index (χ3v) is 4.65. The molecule has 1 N–H and O–H groups in total. The number of aliphatic hydroxyl groups is 1. The topological polar surface area (TPSA) is 46.5 Å². The minimum atomic E-state index is -2.18. The van der Waals surface area contributed by atoms with Gasteiger partial charge in [0.1, 0.15) is 0 Å². The highest BCUT2D eigenvalue weighted by Gasteiger charge is 2.44. The smallest absolute Gasteiger partial charge is 0.253 e. The summed E-state index contributed by atoms with van der Waals surface area (Å²) in [6, 6.07) is 3.26. The van der Waals surface area contributed by atoms with Crippen LogP contribution in [0.4, 0.5) is 0 Å². The van der Waals surface area contributed by atoms with E-state index >= 15 is 0 Å². The summed E-state index contributed by atoms with van der Waals surface area (Å²) in [5.41, 5.74) is 0.596. The van der Waals surface area contributed by atoms with Gasteiger partial charge in [0.25, 0.3) is 7.59 Å². The van der Waals surface area contributed by atoms with E-state index in [9.17, 15) is 9.90 Å². The average molecular weight is 534 g/mol. The molecule has 0 aliphatic carbocycles. The second-order valence-corrected chi connectivity index (χ2v) is 10.1. The fourth-order valence-corrected chi connectivity index (χ4v) is 3.10. The van der Waals surface area contributed by atoms with E-state index < -0.39 is 19.7 Å². The lowest BCUT2D eigenvalue weighted by Gasteiger charge is -2.14. The van der Waals surface area contributed by atoms with Crippen LogP contribution in [0.25, 0.3) is 0 Å². The van der Waals surface area contributed by atoms with Crippen LogP contribution in [0.15, 0.2) is 12.1 Å². The van der Waals surface area contributed by atoms with Crippen molar-refractivity contribution in [1.82, 2.24) is 0 Å². The molecule has 1 aromatic rings. The second-order valence-electron chi connectivity index (χ2n) is 4.32. The molecule has 0 amide bonds. The van der Waals surface area contributed by atoms with Crippen molar-refractivity contribution in [1.29, 1.82) is 0 Å². The standard InChI is InChI=1S/C10H11Cl3O2.C3Cl6O/c1-2-9(14)15-5-6-7(11)3-4-8(12)10(6)13;4-2(5,6)1(10)3(7,8)9/h3-4,9,14H,2,5H2,1H3;. The lowest BCUT2D eigenvalue weighted by atomic mass is 10.2. The number of carbonyl (C=O) groups excluding carboxylic acids is 1. The van der Waals surface area contributed by atoms with Gasteiger partial charge in [0, 0.05) is 10.6 Å². The van der Waals surface area contributed by atoms with Crippen molar-refractivity contribution in [3.63, 3.8) is 0 Å². The number of rotatable bonds is 4. The van der Waals surface area contributed by atoms with Crippen molar-refractivity contribution in [3.05, 3.63) is 32.8 Å². The van der Waals surface area contributed by atoms with E-state index in [1.165, 1.54) is 0 Å². The molecule has 1 rings (SSSR count). The van der Waals surface area contributed by atoms with Crippen molar-refractivity contribution in [2.75, 3.05) is 0 Å². The molecular formula is C13H11Cl9O3. The Morgan fingerprint density at radius 3 is 1.84 bits per heavy atom. The summed E-state index contributed by atoms with van der Waals surface area (Å²) in [5.74, 6) is -1.09. The van der Waals surface area contributed by atoms with Gasteiger partial charge in [0.05, 0.1) is 16.7 Å². The first kappa shape index (κ1) is 26.4. The summed E-state index contributed by atoms with van der Waals surface area (Å²) >= 11 is 48.3. The third kappa shape index (κ3) is 9.96. The lowest BCUT2D eigenvalue weighted by Crippen LogP contribution is -2.31. The van der Waals surface area contributed by atoms with Gasteiger partial charge in [-0.25, -0.2) is 0 Å². The van der Waals surface area contributed by atoms with Crippen LogP contribution in [-0.4, -0.2) is 24.8 Å². The molecule has 0 aliphatic heterocycles. The monoisotopic (exact) mass is 530 g/mol. The normalized spacial score (nSPS) is 13.1. The summed E-state index contributed by atoms with van der Waals surface area (Å²) in [4.78, 5) is 10.7. The first-order chi connectivity index (χ1) is 11.2. The molecular weight excluding hydrogens is 523 g/mol. The van der Waals surface area contributed by atoms with Crippen LogP contribution in [0.2, 0.25) is 15.1 Å². The molecule has 0 bridgehead atoms. The highest BCUT2D eigenvalue weighted by atomic mass is 35.6. The average Bonchev–Trinajstić information content (AvgIpc) is 2.49. The van der Waals surface area contributed by atoms with Crippen LogP contribution < -0.4 is 0 Å². The fourth-order valence-electron chi connectivity index (χ4n) is 1.16. The number of benzene rings is 1. The fraction of sp³-hybridized carbons (Fsp3) is 0.462. The summed E-state index contributed by atoms with van der Waals surface area (Å²) < 4.78 is 0.771. The van der Waals surface area contributed by atoms with Gasteiger partial charge < -0.3 is 9.84 Å². The molecule has 3 nitrogen and oxygen atoms in total. The van der Waals surface area contributed by atoms with Crippen LogP contribution in [0.1, 0.15) is 18.9 Å². The number of ketones is 1. The maximum absolute atomic E-state index is 10.7. The summed E-state index contributed by atoms with van der Waals surface area (Å²) in [5, 5.41) is 10.5. The first-order valence-electron chi connectivity index (χ1n) is 6.32. The third-order valence-electron chi connectivity index (χ3n) is 2.42. The predicted molar refractivity (Wildman–Crippen MR) is 108 cm³/mol. The van der Waals surface area contributed by atoms with Crippen LogP contribution in [-0.2, 0) is 16.1 Å². The van der Waals surface area contributed by atoms with E-state index in [2.05, 4.69) is 0 Å². The van der Waals surface area contributed by atoms with Gasteiger partial charge in [0.15, 0.2) is 6.29 Å². The highest BCUT2D eigenvalue weighted by Crippen LogP contribution is 2.39. The number of halogens is 9. The van der Waals surface area contributed by atoms with Crippen LogP contribution in [0.3, 0.4) is 0 Å². The summed E-state index contributed by atoms with van der Waals surface area (Å²) in [6.07, 6.45) is -0.299. The molecule has 0 radical (unpaired) electrons. The van der Waals surface area contributed by atoms with Crippen LogP contribution in [0, 0.1) is 0 Å². The number of aliphatic hydroxyl groups excluding tert-OH is 1. The number of Topliss-reactive ketones (excluding diaryl/α,β-unsaturated/α-hetero) is 1. The Morgan fingerprint density at radius 1 is 1.04 bits per heavy atom. The molecule has 0 fully saturated rings. The van der Waals surface area contributed by atoms with E-state index in [4.69, 9.17) is 109 Å². The van der Waals surface area contributed by atoms with Crippen molar-refractivity contribution in [3.8, 4) is 0 Å². The molecule has 0 aromatic heterocycles. The maximum atomic E-state index is 10.7. The molecule has 1 atom stereocenters. The minimum Gasteiger partial charge on any atom is -0.368 e. The number of ether oxygens (including phenoxy) is 1. The Kier molecular flexibility index (Phi) is 12.1. The zero-order valence-electron chi connectivity index (χ0n) is 12.3. The van der Waals surface area contributed by atoms with Gasteiger partial charge in [-0.2, -0.15) is 0 Å². The van der Waals surface area contributed by atoms with E-state index in [-0.39, 0.29) is 6.61 Å². The predicted octanol–water partition coefficient (Wildman–Crippen LogP) is 7.19. The van der Waals surface area contributed by atoms with Crippen molar-refractivity contribution < 1.29 is 14.6 Å². The van der Waals surface area contributed by atoms with Crippen LogP contribution in [0.5, 0.6) is 0 Å². The number of carbonyl (C=O) groups is 1. The second kappa shape index (κ2) is 11.4. The quantitative estimate of drug-likeness (QED) is 0.253. The molecule has 12 heteroatoms. The van der Waals surface area contributed by atoms with Crippen molar-refractivity contribution in [2.45, 2.75) is 33.8 Å². The molecule has 0 saturated carbocycles. The van der Waals surface area contributed by atoms with E-state index in [1.807, 2.05) is 6.92 Å². The number of hydrogen-bond donors (Lipinski definition) is 1. The zero-order valence-corrected chi connectivity index (χ0v) is 19.1. The SMILES string of the molecule is CCC(O)OCc1c(Cl)ccc(Cl)c1Cl.O=C(C(Cl)(Cl)Cl)C(Cl)(Cl)Cl. The molecule has 1 unspecified atom stereocenters. The summed E-state index contributed by atoms with van der Waals surface area (Å²) in [6.45, 7) is 1.96. The van der Waals surface area contributed by atoms with E-state index in [0.717, 1.165) is 0 Å². The van der Waals surface area contributed by atoms with Gasteiger partial charge in [-0.15, -0.1) is 0 Å². The zero-order chi connectivity index (χ0) is 20.0. The van der Waals surface area contributed by atoms with Gasteiger partial charge in [0.2, 0.25) is 5.78 Å². The van der Waals surface area contributed by atoms with Crippen LogP contribution >= 0.6 is 104 Å². The molecule has 0 saturated heterocycles. The number of alkyl halides is 6. The summed E-state index contributed by atoms with van der Waals surface area (Å²) in [7, 11) is 0. The van der Waals surface area contributed by atoms with E-state index in [1.54, 1.807) is 12.1 Å². The van der Waals surface area contributed by atoms with Crippen molar-refractivity contribution in [2.24, 2.45) is 0 Å². The molecule has 0 heterocycles. The Bertz CT molecular complexity index is 565.